The minimum Gasteiger partial charge on any atom is -0.506 e. The molecule has 0 saturated heterocycles. The first kappa shape index (κ1) is 15.6. The van der Waals surface area contributed by atoms with Gasteiger partial charge in [0.2, 0.25) is 0 Å². The van der Waals surface area contributed by atoms with Gasteiger partial charge in [0.25, 0.3) is 0 Å². The van der Waals surface area contributed by atoms with Gasteiger partial charge in [-0.25, -0.2) is 4.98 Å². The summed E-state index contributed by atoms with van der Waals surface area (Å²) in [6.07, 6.45) is 4.04. The molecule has 0 atom stereocenters. The monoisotopic (exact) mass is 413 g/mol. The van der Waals surface area contributed by atoms with Gasteiger partial charge in [-0.1, -0.05) is 18.2 Å². The molecule has 4 aromatic rings. The Morgan fingerprint density at radius 3 is 2.54 bits per heavy atom. The number of hydrogen-bond donors (Lipinski definition) is 1. The molecule has 118 valence electrons. The standard InChI is InChI=1S/C19H12BrNOS2/c20-18-11-10-17(24-18)16-9-8-14(23-16)7-6-13-5-4-12-2-1-3-15(22)19(12)21-13/h1-11,22H/b7-6+. The Bertz CT molecular complexity index is 1050. The molecule has 0 saturated carbocycles. The van der Waals surface area contributed by atoms with Crippen molar-refractivity contribution in [3.8, 4) is 15.5 Å². The first-order valence-electron chi connectivity index (χ1n) is 7.31. The molecule has 0 aliphatic heterocycles. The maximum Gasteiger partial charge on any atom is 0.141 e. The number of rotatable bonds is 3. The van der Waals surface area contributed by atoms with E-state index in [0.717, 1.165) is 14.9 Å². The van der Waals surface area contributed by atoms with Gasteiger partial charge in [-0.2, -0.15) is 0 Å². The van der Waals surface area contributed by atoms with Crippen molar-refractivity contribution in [3.63, 3.8) is 0 Å². The molecule has 24 heavy (non-hydrogen) atoms. The molecule has 0 radical (unpaired) electrons. The maximum atomic E-state index is 9.93. The van der Waals surface area contributed by atoms with E-state index in [-0.39, 0.29) is 5.75 Å². The molecule has 3 aromatic heterocycles. The number of nitrogens with zero attached hydrogens (tertiary/aromatic N) is 1. The summed E-state index contributed by atoms with van der Waals surface area (Å²) in [5.74, 6) is 0.212. The summed E-state index contributed by atoms with van der Waals surface area (Å²) >= 11 is 6.99. The Morgan fingerprint density at radius 2 is 1.71 bits per heavy atom. The van der Waals surface area contributed by atoms with E-state index in [1.165, 1.54) is 14.6 Å². The lowest BCUT2D eigenvalue weighted by atomic mass is 10.2. The number of phenolic OH excluding ortho intramolecular Hbond substituents is 1. The molecule has 0 aliphatic carbocycles. The van der Waals surface area contributed by atoms with Gasteiger partial charge in [0.15, 0.2) is 0 Å². The van der Waals surface area contributed by atoms with Crippen molar-refractivity contribution in [1.29, 1.82) is 0 Å². The molecule has 5 heteroatoms. The lowest BCUT2D eigenvalue weighted by Crippen LogP contribution is -1.83. The number of aromatic hydroxyl groups is 1. The van der Waals surface area contributed by atoms with Crippen LogP contribution in [0.5, 0.6) is 5.75 Å². The van der Waals surface area contributed by atoms with Gasteiger partial charge in [-0.3, -0.25) is 0 Å². The maximum absolute atomic E-state index is 9.93. The van der Waals surface area contributed by atoms with Gasteiger partial charge in [0.1, 0.15) is 11.3 Å². The van der Waals surface area contributed by atoms with Gasteiger partial charge in [0, 0.05) is 20.0 Å². The van der Waals surface area contributed by atoms with E-state index in [1.807, 2.05) is 30.3 Å². The molecule has 0 amide bonds. The smallest absolute Gasteiger partial charge is 0.141 e. The van der Waals surface area contributed by atoms with E-state index >= 15 is 0 Å². The van der Waals surface area contributed by atoms with Crippen LogP contribution < -0.4 is 0 Å². The van der Waals surface area contributed by atoms with Gasteiger partial charge < -0.3 is 5.11 Å². The van der Waals surface area contributed by atoms with E-state index in [2.05, 4.69) is 51.3 Å². The Kier molecular flexibility index (Phi) is 4.22. The van der Waals surface area contributed by atoms with Crippen molar-refractivity contribution in [2.45, 2.75) is 0 Å². The molecular formula is C19H12BrNOS2. The van der Waals surface area contributed by atoms with Crippen molar-refractivity contribution in [2.24, 2.45) is 0 Å². The topological polar surface area (TPSA) is 33.1 Å². The largest absolute Gasteiger partial charge is 0.506 e. The number of hydrogen-bond acceptors (Lipinski definition) is 4. The number of pyridine rings is 1. The molecule has 2 nitrogen and oxygen atoms in total. The fourth-order valence-corrected chi connectivity index (χ4v) is 4.82. The summed E-state index contributed by atoms with van der Waals surface area (Å²) in [6.45, 7) is 0. The van der Waals surface area contributed by atoms with E-state index in [1.54, 1.807) is 28.7 Å². The van der Waals surface area contributed by atoms with Crippen molar-refractivity contribution < 1.29 is 5.11 Å². The van der Waals surface area contributed by atoms with Gasteiger partial charge >= 0.3 is 0 Å². The lowest BCUT2D eigenvalue weighted by Gasteiger charge is -2.00. The highest BCUT2D eigenvalue weighted by Gasteiger charge is 2.05. The van der Waals surface area contributed by atoms with Gasteiger partial charge in [-0.15, -0.1) is 22.7 Å². The Labute approximate surface area is 155 Å². The summed E-state index contributed by atoms with van der Waals surface area (Å²) in [5, 5.41) is 10.9. The van der Waals surface area contributed by atoms with Crippen LogP contribution in [0.25, 0.3) is 32.8 Å². The summed E-state index contributed by atoms with van der Waals surface area (Å²) in [4.78, 5) is 8.22. The van der Waals surface area contributed by atoms with Gasteiger partial charge in [0.05, 0.1) is 9.48 Å². The second kappa shape index (κ2) is 6.51. The van der Waals surface area contributed by atoms with Crippen molar-refractivity contribution >= 4 is 61.7 Å². The van der Waals surface area contributed by atoms with E-state index in [4.69, 9.17) is 0 Å². The number of benzene rings is 1. The molecule has 4 rings (SSSR count). The van der Waals surface area contributed by atoms with Crippen LogP contribution in [0.4, 0.5) is 0 Å². The summed E-state index contributed by atoms with van der Waals surface area (Å²) < 4.78 is 1.14. The van der Waals surface area contributed by atoms with E-state index in [9.17, 15) is 5.11 Å². The fourth-order valence-electron chi connectivity index (χ4n) is 2.43. The number of thiophene rings is 2. The van der Waals surface area contributed by atoms with Crippen LogP contribution in [0.1, 0.15) is 10.6 Å². The van der Waals surface area contributed by atoms with Gasteiger partial charge in [-0.05, 0) is 64.5 Å². The molecule has 0 spiro atoms. The summed E-state index contributed by atoms with van der Waals surface area (Å²) in [5.41, 5.74) is 1.47. The highest BCUT2D eigenvalue weighted by Crippen LogP contribution is 2.36. The Morgan fingerprint density at radius 1 is 0.875 bits per heavy atom. The number of halogens is 1. The minimum atomic E-state index is 0.212. The third-order valence-corrected chi connectivity index (χ3v) is 6.45. The molecule has 0 unspecified atom stereocenters. The fraction of sp³-hybridized carbons (Fsp3) is 0. The summed E-state index contributed by atoms with van der Waals surface area (Å²) in [6, 6.07) is 17.8. The second-order valence-electron chi connectivity index (χ2n) is 5.22. The van der Waals surface area contributed by atoms with Crippen LogP contribution in [-0.4, -0.2) is 10.1 Å². The molecule has 1 N–H and O–H groups in total. The zero-order chi connectivity index (χ0) is 16.5. The third-order valence-electron chi connectivity index (χ3n) is 3.58. The average molecular weight is 414 g/mol. The average Bonchev–Trinajstić information content (AvgIpc) is 3.22. The highest BCUT2D eigenvalue weighted by molar-refractivity contribution is 9.11. The SMILES string of the molecule is Oc1cccc2ccc(/C=C/c3ccc(-c4ccc(Br)s4)s3)nc12. The molecule has 0 aliphatic rings. The number of para-hydroxylation sites is 1. The van der Waals surface area contributed by atoms with Crippen LogP contribution in [0, 0.1) is 0 Å². The zero-order valence-corrected chi connectivity index (χ0v) is 15.7. The van der Waals surface area contributed by atoms with E-state index < -0.39 is 0 Å². The highest BCUT2D eigenvalue weighted by atomic mass is 79.9. The first-order chi connectivity index (χ1) is 11.7. The number of fused-ring (bicyclic) bond motifs is 1. The predicted octanol–water partition coefficient (Wildman–Crippen LogP) is 6.66. The van der Waals surface area contributed by atoms with Crippen LogP contribution in [0.2, 0.25) is 0 Å². The van der Waals surface area contributed by atoms with Crippen LogP contribution in [0.15, 0.2) is 58.4 Å². The quantitative estimate of drug-likeness (QED) is 0.407. The minimum absolute atomic E-state index is 0.212. The van der Waals surface area contributed by atoms with E-state index in [0.29, 0.717) is 5.52 Å². The summed E-state index contributed by atoms with van der Waals surface area (Å²) in [7, 11) is 0. The zero-order valence-electron chi connectivity index (χ0n) is 12.4. The van der Waals surface area contributed by atoms with Crippen LogP contribution >= 0.6 is 38.6 Å². The molecule has 0 bridgehead atoms. The second-order valence-corrected chi connectivity index (χ2v) is 8.80. The number of phenols is 1. The molecule has 1 aromatic carbocycles. The van der Waals surface area contributed by atoms with Crippen molar-refractivity contribution in [3.05, 3.63) is 69.0 Å². The normalized spacial score (nSPS) is 11.5. The van der Waals surface area contributed by atoms with Crippen LogP contribution in [0.3, 0.4) is 0 Å². The molecular weight excluding hydrogens is 402 g/mol. The lowest BCUT2D eigenvalue weighted by molar-refractivity contribution is 0.480. The predicted molar refractivity (Wildman–Crippen MR) is 108 cm³/mol. The Hall–Kier alpha value is -1.95. The molecule has 3 heterocycles. The molecule has 0 fully saturated rings. The van der Waals surface area contributed by atoms with Crippen molar-refractivity contribution in [2.75, 3.05) is 0 Å². The number of aromatic nitrogens is 1. The third kappa shape index (κ3) is 3.15. The van der Waals surface area contributed by atoms with Crippen molar-refractivity contribution in [1.82, 2.24) is 4.98 Å². The Balaban J connectivity index is 1.61. The first-order valence-corrected chi connectivity index (χ1v) is 9.74. The van der Waals surface area contributed by atoms with Crippen LogP contribution in [-0.2, 0) is 0 Å².